The van der Waals surface area contributed by atoms with Gasteiger partial charge in [0.1, 0.15) is 5.82 Å². The molecule has 0 radical (unpaired) electrons. The first kappa shape index (κ1) is 14.4. The summed E-state index contributed by atoms with van der Waals surface area (Å²) < 4.78 is 13.5. The fourth-order valence-electron chi connectivity index (χ4n) is 1.55. The van der Waals surface area contributed by atoms with Crippen LogP contribution >= 0.6 is 0 Å². The topological polar surface area (TPSA) is 32.3 Å². The van der Waals surface area contributed by atoms with Crippen LogP contribution < -0.4 is 5.32 Å². The van der Waals surface area contributed by atoms with Gasteiger partial charge in [0.05, 0.1) is 6.04 Å². The summed E-state index contributed by atoms with van der Waals surface area (Å²) in [4.78, 5) is 13.5. The van der Waals surface area contributed by atoms with E-state index in [1.807, 2.05) is 0 Å². The smallest absolute Gasteiger partial charge is 0.237 e. The lowest BCUT2D eigenvalue weighted by Gasteiger charge is -2.23. The van der Waals surface area contributed by atoms with Crippen LogP contribution in [0.4, 0.5) is 4.39 Å². The van der Waals surface area contributed by atoms with Crippen molar-refractivity contribution in [2.24, 2.45) is 0 Å². The van der Waals surface area contributed by atoms with Crippen molar-refractivity contribution >= 4 is 5.91 Å². The molecule has 0 spiro atoms. The van der Waals surface area contributed by atoms with Gasteiger partial charge in [0.15, 0.2) is 0 Å². The van der Waals surface area contributed by atoms with E-state index < -0.39 is 0 Å². The number of halogens is 1. The van der Waals surface area contributed by atoms with Crippen LogP contribution in [0.25, 0.3) is 0 Å². The first-order chi connectivity index (χ1) is 8.56. The predicted molar refractivity (Wildman–Crippen MR) is 70.5 cm³/mol. The summed E-state index contributed by atoms with van der Waals surface area (Å²) >= 11 is 0. The van der Waals surface area contributed by atoms with Crippen molar-refractivity contribution in [2.45, 2.75) is 19.5 Å². The van der Waals surface area contributed by atoms with E-state index in [1.165, 1.54) is 6.07 Å². The minimum absolute atomic E-state index is 0.0891. The number of carbonyl (C=O) groups is 1. The summed E-state index contributed by atoms with van der Waals surface area (Å²) in [6.45, 7) is 6.17. The van der Waals surface area contributed by atoms with Crippen LogP contribution in [0.15, 0.2) is 36.9 Å². The molecule has 4 heteroatoms. The second-order valence-electron chi connectivity index (χ2n) is 4.22. The molecule has 0 saturated heterocycles. The fraction of sp³-hybridized carbons (Fsp3) is 0.357. The lowest BCUT2D eigenvalue weighted by molar-refractivity contribution is -0.125. The molecule has 0 bridgehead atoms. The van der Waals surface area contributed by atoms with Crippen molar-refractivity contribution in [3.8, 4) is 0 Å². The molecule has 98 valence electrons. The summed E-state index contributed by atoms with van der Waals surface area (Å²) in [5.41, 5.74) is 0.586. The Morgan fingerprint density at radius 2 is 2.22 bits per heavy atom. The monoisotopic (exact) mass is 250 g/mol. The van der Waals surface area contributed by atoms with Crippen molar-refractivity contribution < 1.29 is 9.18 Å². The Morgan fingerprint density at radius 1 is 1.56 bits per heavy atom. The van der Waals surface area contributed by atoms with Gasteiger partial charge in [0, 0.05) is 18.7 Å². The molecule has 3 nitrogen and oxygen atoms in total. The highest BCUT2D eigenvalue weighted by Gasteiger charge is 2.18. The molecule has 1 aromatic rings. The van der Waals surface area contributed by atoms with Crippen molar-refractivity contribution in [1.82, 2.24) is 10.2 Å². The molecule has 1 N–H and O–H groups in total. The van der Waals surface area contributed by atoms with Crippen LogP contribution in [0.1, 0.15) is 12.5 Å². The van der Waals surface area contributed by atoms with Gasteiger partial charge >= 0.3 is 0 Å². The molecule has 0 saturated carbocycles. The molecule has 0 aliphatic rings. The first-order valence-corrected chi connectivity index (χ1v) is 5.88. The molecule has 1 aromatic carbocycles. The summed E-state index contributed by atoms with van der Waals surface area (Å²) in [6.07, 6.45) is 1.63. The van der Waals surface area contributed by atoms with E-state index in [0.29, 0.717) is 18.7 Å². The van der Waals surface area contributed by atoms with Crippen LogP contribution in [0, 0.1) is 5.82 Å². The molecular formula is C14H19FN2O. The summed E-state index contributed by atoms with van der Waals surface area (Å²) in [5, 5.41) is 2.72. The average Bonchev–Trinajstić information content (AvgIpc) is 2.37. The number of likely N-dealkylation sites (N-methyl/N-ethyl adjacent to an activating group) is 1. The Morgan fingerprint density at radius 3 is 2.83 bits per heavy atom. The summed E-state index contributed by atoms with van der Waals surface area (Å²) in [6, 6.07) is 6.27. The number of nitrogens with one attached hydrogen (secondary N) is 1. The molecule has 0 aromatic heterocycles. The van der Waals surface area contributed by atoms with Crippen molar-refractivity contribution in [2.75, 3.05) is 13.6 Å². The van der Waals surface area contributed by atoms with Crippen molar-refractivity contribution in [1.29, 1.82) is 0 Å². The summed E-state index contributed by atoms with van der Waals surface area (Å²) in [7, 11) is 1.80. The number of carbonyl (C=O) groups excluding carboxylic acids is 1. The van der Waals surface area contributed by atoms with E-state index in [1.54, 1.807) is 43.1 Å². The third kappa shape index (κ3) is 3.96. The zero-order chi connectivity index (χ0) is 13.5. The minimum Gasteiger partial charge on any atom is -0.351 e. The maximum Gasteiger partial charge on any atom is 0.237 e. The van der Waals surface area contributed by atoms with Gasteiger partial charge in [-0.25, -0.2) is 4.39 Å². The zero-order valence-electron chi connectivity index (χ0n) is 10.8. The van der Waals surface area contributed by atoms with Gasteiger partial charge in [-0.3, -0.25) is 9.69 Å². The van der Waals surface area contributed by atoms with Crippen LogP contribution in [0.3, 0.4) is 0 Å². The Kier molecular flexibility index (Phi) is 5.52. The number of nitrogens with zero attached hydrogens (tertiary/aromatic N) is 1. The van der Waals surface area contributed by atoms with Gasteiger partial charge in [-0.05, 0) is 20.0 Å². The van der Waals surface area contributed by atoms with Crippen LogP contribution in [-0.4, -0.2) is 30.4 Å². The van der Waals surface area contributed by atoms with E-state index in [9.17, 15) is 9.18 Å². The van der Waals surface area contributed by atoms with E-state index >= 15 is 0 Å². The van der Waals surface area contributed by atoms with Gasteiger partial charge in [-0.1, -0.05) is 24.3 Å². The Hall–Kier alpha value is -1.68. The lowest BCUT2D eigenvalue weighted by atomic mass is 10.1. The molecule has 1 unspecified atom stereocenters. The van der Waals surface area contributed by atoms with Gasteiger partial charge in [0.25, 0.3) is 0 Å². The molecule has 0 aliphatic heterocycles. The normalized spacial score (nSPS) is 12.2. The molecule has 1 amide bonds. The fourth-order valence-corrected chi connectivity index (χ4v) is 1.55. The number of hydrogen-bond donors (Lipinski definition) is 1. The van der Waals surface area contributed by atoms with Crippen LogP contribution in [0.5, 0.6) is 0 Å². The number of amides is 1. The van der Waals surface area contributed by atoms with E-state index in [2.05, 4.69) is 11.9 Å². The SMILES string of the molecule is C=CCNC(=O)C(C)N(C)Cc1ccccc1F. The maximum atomic E-state index is 13.5. The van der Waals surface area contributed by atoms with Gasteiger partial charge in [-0.15, -0.1) is 6.58 Å². The Balaban J connectivity index is 2.59. The van der Waals surface area contributed by atoms with Gasteiger partial charge in [0.2, 0.25) is 5.91 Å². The highest BCUT2D eigenvalue weighted by atomic mass is 19.1. The van der Waals surface area contributed by atoms with Crippen molar-refractivity contribution in [3.05, 3.63) is 48.3 Å². The molecule has 0 fully saturated rings. The lowest BCUT2D eigenvalue weighted by Crippen LogP contribution is -2.43. The zero-order valence-corrected chi connectivity index (χ0v) is 10.8. The van der Waals surface area contributed by atoms with E-state index in [0.717, 1.165) is 0 Å². The Bertz CT molecular complexity index is 420. The highest BCUT2D eigenvalue weighted by molar-refractivity contribution is 5.81. The highest BCUT2D eigenvalue weighted by Crippen LogP contribution is 2.10. The Labute approximate surface area is 107 Å². The third-order valence-corrected chi connectivity index (χ3v) is 2.84. The predicted octanol–water partition coefficient (Wildman–Crippen LogP) is 1.95. The molecule has 0 heterocycles. The number of benzene rings is 1. The molecule has 0 aliphatic carbocycles. The van der Waals surface area contributed by atoms with E-state index in [-0.39, 0.29) is 17.8 Å². The number of hydrogen-bond acceptors (Lipinski definition) is 2. The second-order valence-corrected chi connectivity index (χ2v) is 4.22. The molecule has 1 rings (SSSR count). The van der Waals surface area contributed by atoms with Gasteiger partial charge < -0.3 is 5.32 Å². The standard InChI is InChI=1S/C14H19FN2O/c1-4-9-16-14(18)11(2)17(3)10-12-7-5-6-8-13(12)15/h4-8,11H,1,9-10H2,2-3H3,(H,16,18). The quantitative estimate of drug-likeness (QED) is 0.783. The van der Waals surface area contributed by atoms with Crippen LogP contribution in [-0.2, 0) is 11.3 Å². The number of rotatable bonds is 6. The average molecular weight is 250 g/mol. The summed E-state index contributed by atoms with van der Waals surface area (Å²) in [5.74, 6) is -0.336. The largest absolute Gasteiger partial charge is 0.351 e. The molecule has 1 atom stereocenters. The van der Waals surface area contributed by atoms with Crippen molar-refractivity contribution in [3.63, 3.8) is 0 Å². The third-order valence-electron chi connectivity index (χ3n) is 2.84. The molecule has 18 heavy (non-hydrogen) atoms. The molecular weight excluding hydrogens is 231 g/mol. The van der Waals surface area contributed by atoms with Crippen LogP contribution in [0.2, 0.25) is 0 Å². The minimum atomic E-state index is -0.315. The first-order valence-electron chi connectivity index (χ1n) is 5.88. The second kappa shape index (κ2) is 6.91. The maximum absolute atomic E-state index is 13.5. The van der Waals surface area contributed by atoms with Gasteiger partial charge in [-0.2, -0.15) is 0 Å². The van der Waals surface area contributed by atoms with E-state index in [4.69, 9.17) is 0 Å².